The van der Waals surface area contributed by atoms with Crippen LogP contribution >= 0.6 is 0 Å². The van der Waals surface area contributed by atoms with Crippen LogP contribution in [0.15, 0.2) is 71.8 Å². The number of nitrogens with one attached hydrogen (secondary N) is 2. The average molecular weight is 484 g/mol. The molecule has 1 fully saturated rings. The Bertz CT molecular complexity index is 1240. The number of piperazine rings is 1. The highest BCUT2D eigenvalue weighted by Crippen LogP contribution is 2.18. The standard InChI is InChI=1S/C24H26FN5O3S/c1-29-11-13-30(14-12-29)23-10-5-18(16-26-23)17-27-24(31)19-3-2-4-22(15-19)34(32,33)28-21-8-6-20(25)7-9-21/h2-10,15-16,28H,11-14,17H2,1H3,(H,27,31). The molecule has 0 spiro atoms. The number of likely N-dealkylation sites (N-methyl/N-ethyl adjacent to an activating group) is 1. The number of hydrogen-bond donors (Lipinski definition) is 2. The van der Waals surface area contributed by atoms with E-state index in [-0.39, 0.29) is 22.7 Å². The van der Waals surface area contributed by atoms with Crippen LogP contribution in [-0.2, 0) is 16.6 Å². The number of sulfonamides is 1. The van der Waals surface area contributed by atoms with Gasteiger partial charge in [0.1, 0.15) is 11.6 Å². The SMILES string of the molecule is CN1CCN(c2ccc(CNC(=O)c3cccc(S(=O)(=O)Nc4ccc(F)cc4)c3)cn2)CC1. The van der Waals surface area contributed by atoms with Crippen molar-refractivity contribution in [3.05, 3.63) is 83.8 Å². The lowest BCUT2D eigenvalue weighted by Crippen LogP contribution is -2.44. The zero-order valence-corrected chi connectivity index (χ0v) is 19.6. The van der Waals surface area contributed by atoms with E-state index in [0.717, 1.165) is 49.7 Å². The van der Waals surface area contributed by atoms with E-state index in [0.29, 0.717) is 0 Å². The summed E-state index contributed by atoms with van der Waals surface area (Å²) in [5.74, 6) is 0.0440. The van der Waals surface area contributed by atoms with Crippen LogP contribution in [0.3, 0.4) is 0 Å². The van der Waals surface area contributed by atoms with Crippen LogP contribution in [0.25, 0.3) is 0 Å². The maximum absolute atomic E-state index is 13.1. The lowest BCUT2D eigenvalue weighted by atomic mass is 10.2. The van der Waals surface area contributed by atoms with Gasteiger partial charge < -0.3 is 15.1 Å². The Labute approximate surface area is 198 Å². The zero-order chi connectivity index (χ0) is 24.1. The number of hydrogen-bond acceptors (Lipinski definition) is 6. The van der Waals surface area contributed by atoms with Crippen molar-refractivity contribution in [3.63, 3.8) is 0 Å². The Morgan fingerprint density at radius 1 is 1.03 bits per heavy atom. The number of benzene rings is 2. The smallest absolute Gasteiger partial charge is 0.261 e. The molecule has 0 unspecified atom stereocenters. The van der Waals surface area contributed by atoms with Crippen LogP contribution in [0, 0.1) is 5.82 Å². The predicted octanol–water partition coefficient (Wildman–Crippen LogP) is 2.70. The number of halogens is 1. The zero-order valence-electron chi connectivity index (χ0n) is 18.7. The van der Waals surface area contributed by atoms with Gasteiger partial charge in [0.2, 0.25) is 0 Å². The molecule has 1 aliphatic rings. The molecule has 34 heavy (non-hydrogen) atoms. The molecule has 1 amide bonds. The van der Waals surface area contributed by atoms with Gasteiger partial charge in [0, 0.05) is 50.2 Å². The lowest BCUT2D eigenvalue weighted by Gasteiger charge is -2.33. The van der Waals surface area contributed by atoms with E-state index in [1.54, 1.807) is 12.3 Å². The summed E-state index contributed by atoms with van der Waals surface area (Å²) in [6.45, 7) is 4.10. The lowest BCUT2D eigenvalue weighted by molar-refractivity contribution is 0.0950. The largest absolute Gasteiger partial charge is 0.354 e. The number of nitrogens with zero attached hydrogens (tertiary/aromatic N) is 3. The Morgan fingerprint density at radius 3 is 2.44 bits per heavy atom. The van der Waals surface area contributed by atoms with Crippen molar-refractivity contribution >= 4 is 27.4 Å². The summed E-state index contributed by atoms with van der Waals surface area (Å²) in [5, 5.41) is 2.80. The van der Waals surface area contributed by atoms with Crippen LogP contribution < -0.4 is 14.9 Å². The fourth-order valence-corrected chi connectivity index (χ4v) is 4.67. The molecule has 1 saturated heterocycles. The Hall–Kier alpha value is -3.50. The first-order chi connectivity index (χ1) is 16.3. The molecule has 10 heteroatoms. The molecule has 2 N–H and O–H groups in total. The summed E-state index contributed by atoms with van der Waals surface area (Å²) in [7, 11) is -1.84. The molecule has 0 bridgehead atoms. The predicted molar refractivity (Wildman–Crippen MR) is 129 cm³/mol. The summed E-state index contributed by atoms with van der Waals surface area (Å²) in [6.07, 6.45) is 1.74. The third-order valence-corrected chi connectivity index (χ3v) is 6.97. The minimum Gasteiger partial charge on any atom is -0.354 e. The monoisotopic (exact) mass is 483 g/mol. The van der Waals surface area contributed by atoms with Crippen molar-refractivity contribution < 1.29 is 17.6 Å². The van der Waals surface area contributed by atoms with E-state index in [9.17, 15) is 17.6 Å². The Balaban J connectivity index is 1.37. The Morgan fingerprint density at radius 2 is 1.76 bits per heavy atom. The quantitative estimate of drug-likeness (QED) is 0.537. The molecule has 3 aromatic rings. The van der Waals surface area contributed by atoms with Crippen molar-refractivity contribution in [1.29, 1.82) is 0 Å². The van der Waals surface area contributed by atoms with Crippen LogP contribution in [0.1, 0.15) is 15.9 Å². The van der Waals surface area contributed by atoms with Crippen LogP contribution in [0.5, 0.6) is 0 Å². The topological polar surface area (TPSA) is 94.6 Å². The number of amides is 1. The van der Waals surface area contributed by atoms with Gasteiger partial charge >= 0.3 is 0 Å². The average Bonchev–Trinajstić information content (AvgIpc) is 2.85. The highest BCUT2D eigenvalue weighted by molar-refractivity contribution is 7.92. The molecule has 0 atom stereocenters. The maximum Gasteiger partial charge on any atom is 0.261 e. The first-order valence-corrected chi connectivity index (χ1v) is 12.3. The molecule has 1 aliphatic heterocycles. The minimum atomic E-state index is -3.94. The van der Waals surface area contributed by atoms with Crippen LogP contribution in [-0.4, -0.2) is 57.4 Å². The summed E-state index contributed by atoms with van der Waals surface area (Å²) >= 11 is 0. The molecule has 0 saturated carbocycles. The van der Waals surface area contributed by atoms with Gasteiger partial charge in [0.05, 0.1) is 4.90 Å². The highest BCUT2D eigenvalue weighted by atomic mass is 32.2. The second kappa shape index (κ2) is 10.2. The van der Waals surface area contributed by atoms with Gasteiger partial charge in [-0.2, -0.15) is 0 Å². The number of pyridine rings is 1. The second-order valence-corrected chi connectivity index (χ2v) is 9.82. The van der Waals surface area contributed by atoms with E-state index >= 15 is 0 Å². The van der Waals surface area contributed by atoms with Crippen LogP contribution in [0.2, 0.25) is 0 Å². The molecule has 0 radical (unpaired) electrons. The van der Waals surface area contributed by atoms with E-state index in [4.69, 9.17) is 0 Å². The van der Waals surface area contributed by atoms with Crippen molar-refractivity contribution in [1.82, 2.24) is 15.2 Å². The molecule has 2 heterocycles. The summed E-state index contributed by atoms with van der Waals surface area (Å²) < 4.78 is 40.8. The fraction of sp³-hybridized carbons (Fsp3) is 0.250. The van der Waals surface area contributed by atoms with Gasteiger partial charge in [-0.15, -0.1) is 0 Å². The minimum absolute atomic E-state index is 0.0670. The van der Waals surface area contributed by atoms with E-state index < -0.39 is 21.7 Å². The molecule has 8 nitrogen and oxygen atoms in total. The van der Waals surface area contributed by atoms with Crippen molar-refractivity contribution in [2.24, 2.45) is 0 Å². The van der Waals surface area contributed by atoms with E-state index in [2.05, 4.69) is 31.9 Å². The molecule has 2 aromatic carbocycles. The Kier molecular flexibility index (Phi) is 7.09. The molecule has 1 aromatic heterocycles. The maximum atomic E-state index is 13.1. The molecular weight excluding hydrogens is 457 g/mol. The molecule has 178 valence electrons. The third-order valence-electron chi connectivity index (χ3n) is 5.59. The first kappa shape index (κ1) is 23.7. The van der Waals surface area contributed by atoms with Gasteiger partial charge in [0.15, 0.2) is 0 Å². The van der Waals surface area contributed by atoms with Gasteiger partial charge in [-0.3, -0.25) is 9.52 Å². The van der Waals surface area contributed by atoms with Gasteiger partial charge in [-0.25, -0.2) is 17.8 Å². The number of anilines is 2. The highest BCUT2D eigenvalue weighted by Gasteiger charge is 2.17. The van der Waals surface area contributed by atoms with E-state index in [1.807, 2.05) is 12.1 Å². The number of carbonyl (C=O) groups excluding carboxylic acids is 1. The summed E-state index contributed by atoms with van der Waals surface area (Å²) in [6, 6.07) is 14.6. The second-order valence-electron chi connectivity index (χ2n) is 8.14. The number of aromatic nitrogens is 1. The number of rotatable bonds is 7. The third kappa shape index (κ3) is 5.89. The molecule has 4 rings (SSSR count). The molecule has 0 aliphatic carbocycles. The van der Waals surface area contributed by atoms with Gasteiger partial charge in [-0.05, 0) is 61.1 Å². The van der Waals surface area contributed by atoms with Gasteiger partial charge in [-0.1, -0.05) is 12.1 Å². The fourth-order valence-electron chi connectivity index (χ4n) is 3.56. The summed E-state index contributed by atoms with van der Waals surface area (Å²) in [4.78, 5) is 21.6. The summed E-state index contributed by atoms with van der Waals surface area (Å²) in [5.41, 5.74) is 1.28. The van der Waals surface area contributed by atoms with Crippen molar-refractivity contribution in [2.75, 3.05) is 42.8 Å². The van der Waals surface area contributed by atoms with Gasteiger partial charge in [0.25, 0.3) is 15.9 Å². The van der Waals surface area contributed by atoms with Crippen molar-refractivity contribution in [3.8, 4) is 0 Å². The normalized spacial score (nSPS) is 14.6. The van der Waals surface area contributed by atoms with Crippen molar-refractivity contribution in [2.45, 2.75) is 11.4 Å². The van der Waals surface area contributed by atoms with Crippen LogP contribution in [0.4, 0.5) is 15.9 Å². The first-order valence-electron chi connectivity index (χ1n) is 10.9. The van der Waals surface area contributed by atoms with E-state index in [1.165, 1.54) is 30.3 Å². The number of carbonyl (C=O) groups is 1. The molecular formula is C24H26FN5O3S.